The van der Waals surface area contributed by atoms with Crippen LogP contribution in [-0.2, 0) is 4.79 Å². The van der Waals surface area contributed by atoms with E-state index >= 15 is 0 Å². The second-order valence-corrected chi connectivity index (χ2v) is 6.81. The molecule has 1 amide bonds. The normalized spacial score (nSPS) is 13.4. The molecule has 2 aromatic carbocycles. The summed E-state index contributed by atoms with van der Waals surface area (Å²) < 4.78 is 5.80. The Balaban J connectivity index is 1.68. The molecule has 0 bridgehead atoms. The van der Waals surface area contributed by atoms with Gasteiger partial charge in [0.1, 0.15) is 5.75 Å². The maximum Gasteiger partial charge on any atom is 0.299 e. The number of ether oxygens (including phenoxy) is 1. The van der Waals surface area contributed by atoms with Crippen molar-refractivity contribution in [3.8, 4) is 5.75 Å². The molecular formula is C19H17Cl2NO3. The van der Waals surface area contributed by atoms with Gasteiger partial charge in [0.15, 0.2) is 0 Å². The fourth-order valence-corrected chi connectivity index (χ4v) is 3.45. The smallest absolute Gasteiger partial charge is 0.299 e. The summed E-state index contributed by atoms with van der Waals surface area (Å²) in [5, 5.41) is 0.641. The van der Waals surface area contributed by atoms with Gasteiger partial charge in [-0.1, -0.05) is 35.3 Å². The molecular weight excluding hydrogens is 361 g/mol. The standard InChI is InChI=1S/C19H17Cl2NO3/c1-11-5-3-6-16(12(11)2)25-8-4-7-22-17-14(18(23)19(22)24)9-13(20)10-15(17)21/h3,5-6,9-10H,4,7-8H2,1-2H3. The Labute approximate surface area is 156 Å². The van der Waals surface area contributed by atoms with Crippen molar-refractivity contribution in [1.29, 1.82) is 0 Å². The van der Waals surface area contributed by atoms with Crippen molar-refractivity contribution in [3.63, 3.8) is 0 Å². The van der Waals surface area contributed by atoms with Gasteiger partial charge in [-0.2, -0.15) is 0 Å². The van der Waals surface area contributed by atoms with Gasteiger partial charge in [-0.3, -0.25) is 9.59 Å². The van der Waals surface area contributed by atoms with Crippen LogP contribution in [0.5, 0.6) is 5.75 Å². The van der Waals surface area contributed by atoms with E-state index in [1.807, 2.05) is 32.0 Å². The largest absolute Gasteiger partial charge is 0.493 e. The van der Waals surface area contributed by atoms with Crippen LogP contribution in [-0.4, -0.2) is 24.8 Å². The fourth-order valence-electron chi connectivity index (χ4n) is 2.85. The van der Waals surface area contributed by atoms with E-state index in [4.69, 9.17) is 27.9 Å². The van der Waals surface area contributed by atoms with Crippen LogP contribution in [0.15, 0.2) is 30.3 Å². The number of carbonyl (C=O) groups excluding carboxylic acids is 2. The molecule has 25 heavy (non-hydrogen) atoms. The van der Waals surface area contributed by atoms with Crippen LogP contribution in [0.4, 0.5) is 5.69 Å². The predicted molar refractivity (Wildman–Crippen MR) is 99.2 cm³/mol. The lowest BCUT2D eigenvalue weighted by atomic mass is 10.1. The lowest BCUT2D eigenvalue weighted by Crippen LogP contribution is -2.31. The third-order valence-electron chi connectivity index (χ3n) is 4.32. The van der Waals surface area contributed by atoms with E-state index in [1.165, 1.54) is 17.0 Å². The highest BCUT2D eigenvalue weighted by Gasteiger charge is 2.37. The summed E-state index contributed by atoms with van der Waals surface area (Å²) in [6, 6.07) is 8.91. The average Bonchev–Trinajstić information content (AvgIpc) is 2.80. The van der Waals surface area contributed by atoms with Gasteiger partial charge in [0, 0.05) is 11.6 Å². The van der Waals surface area contributed by atoms with Crippen molar-refractivity contribution < 1.29 is 14.3 Å². The molecule has 0 fully saturated rings. The second-order valence-electron chi connectivity index (χ2n) is 5.97. The zero-order valence-corrected chi connectivity index (χ0v) is 15.4. The minimum absolute atomic E-state index is 0.262. The third-order valence-corrected chi connectivity index (χ3v) is 4.83. The van der Waals surface area contributed by atoms with E-state index in [0.717, 1.165) is 16.9 Å². The summed E-state index contributed by atoms with van der Waals surface area (Å²) in [6.45, 7) is 4.82. The maximum absolute atomic E-state index is 12.2. The number of amides is 1. The Hall–Kier alpha value is -2.04. The van der Waals surface area contributed by atoms with Gasteiger partial charge >= 0.3 is 0 Å². The van der Waals surface area contributed by atoms with Crippen molar-refractivity contribution in [1.82, 2.24) is 0 Å². The molecule has 0 saturated carbocycles. The molecule has 6 heteroatoms. The van der Waals surface area contributed by atoms with Gasteiger partial charge in [0.2, 0.25) is 0 Å². The lowest BCUT2D eigenvalue weighted by Gasteiger charge is -2.18. The van der Waals surface area contributed by atoms with Gasteiger partial charge in [-0.05, 0) is 49.6 Å². The minimum Gasteiger partial charge on any atom is -0.493 e. The SMILES string of the molecule is Cc1cccc(OCCCN2C(=O)C(=O)c3cc(Cl)cc(Cl)c32)c1C. The van der Waals surface area contributed by atoms with Crippen molar-refractivity contribution in [2.24, 2.45) is 0 Å². The first-order valence-corrected chi connectivity index (χ1v) is 8.70. The zero-order chi connectivity index (χ0) is 18.1. The Morgan fingerprint density at radius 3 is 2.64 bits per heavy atom. The fraction of sp³-hybridized carbons (Fsp3) is 0.263. The van der Waals surface area contributed by atoms with E-state index in [9.17, 15) is 9.59 Å². The van der Waals surface area contributed by atoms with Crippen molar-refractivity contribution in [2.45, 2.75) is 20.3 Å². The average molecular weight is 378 g/mol. The summed E-state index contributed by atoms with van der Waals surface area (Å²) in [4.78, 5) is 25.7. The van der Waals surface area contributed by atoms with Gasteiger partial charge in [-0.25, -0.2) is 0 Å². The number of Topliss-reactive ketones (excluding diaryl/α,β-unsaturated/α-hetero) is 1. The summed E-state index contributed by atoms with van der Waals surface area (Å²) in [6.07, 6.45) is 0.574. The van der Waals surface area contributed by atoms with E-state index in [2.05, 4.69) is 0 Å². The van der Waals surface area contributed by atoms with E-state index in [0.29, 0.717) is 35.3 Å². The minimum atomic E-state index is -0.578. The van der Waals surface area contributed by atoms with Crippen LogP contribution >= 0.6 is 23.2 Å². The lowest BCUT2D eigenvalue weighted by molar-refractivity contribution is -0.114. The number of anilines is 1. The summed E-state index contributed by atoms with van der Waals surface area (Å²) in [5.74, 6) is -0.324. The number of rotatable bonds is 5. The van der Waals surface area contributed by atoms with Gasteiger partial charge < -0.3 is 9.64 Å². The van der Waals surface area contributed by atoms with Gasteiger partial charge in [0.25, 0.3) is 11.7 Å². The molecule has 3 rings (SSSR count). The number of fused-ring (bicyclic) bond motifs is 1. The molecule has 0 aromatic heterocycles. The highest BCUT2D eigenvalue weighted by atomic mass is 35.5. The van der Waals surface area contributed by atoms with Crippen molar-refractivity contribution >= 4 is 40.6 Å². The Morgan fingerprint density at radius 2 is 1.88 bits per heavy atom. The Morgan fingerprint density at radius 1 is 1.12 bits per heavy atom. The summed E-state index contributed by atoms with van der Waals surface area (Å²) in [7, 11) is 0. The van der Waals surface area contributed by atoms with Crippen molar-refractivity contribution in [2.75, 3.05) is 18.1 Å². The molecule has 130 valence electrons. The number of hydrogen-bond acceptors (Lipinski definition) is 3. The quantitative estimate of drug-likeness (QED) is 0.564. The Kier molecular flexibility index (Phi) is 5.02. The first kappa shape index (κ1) is 17.8. The van der Waals surface area contributed by atoms with Gasteiger partial charge in [0.05, 0.1) is 22.9 Å². The van der Waals surface area contributed by atoms with E-state index in [1.54, 1.807) is 0 Å². The zero-order valence-electron chi connectivity index (χ0n) is 13.9. The molecule has 0 unspecified atom stereocenters. The van der Waals surface area contributed by atoms with Crippen LogP contribution in [0.3, 0.4) is 0 Å². The molecule has 0 atom stereocenters. The molecule has 2 aromatic rings. The number of hydrogen-bond donors (Lipinski definition) is 0. The Bertz CT molecular complexity index is 864. The first-order valence-electron chi connectivity index (χ1n) is 7.94. The first-order chi connectivity index (χ1) is 11.9. The number of aryl methyl sites for hydroxylation is 1. The van der Waals surface area contributed by atoms with Crippen LogP contribution in [0.2, 0.25) is 10.0 Å². The van der Waals surface area contributed by atoms with Crippen LogP contribution in [0, 0.1) is 13.8 Å². The second kappa shape index (κ2) is 7.06. The highest BCUT2D eigenvalue weighted by molar-refractivity contribution is 6.54. The topological polar surface area (TPSA) is 46.6 Å². The highest BCUT2D eigenvalue weighted by Crippen LogP contribution is 2.38. The van der Waals surface area contributed by atoms with Gasteiger partial charge in [-0.15, -0.1) is 0 Å². The molecule has 0 aliphatic carbocycles. The number of nitrogens with zero attached hydrogens (tertiary/aromatic N) is 1. The summed E-state index contributed by atoms with van der Waals surface area (Å²) >= 11 is 12.1. The van der Waals surface area contributed by atoms with Crippen LogP contribution in [0.25, 0.3) is 0 Å². The molecule has 0 N–H and O–H groups in total. The van der Waals surface area contributed by atoms with E-state index in [-0.39, 0.29) is 5.56 Å². The molecule has 1 aliphatic rings. The number of benzene rings is 2. The molecule has 0 spiro atoms. The monoisotopic (exact) mass is 377 g/mol. The predicted octanol–water partition coefficient (Wildman–Crippen LogP) is 4.61. The van der Waals surface area contributed by atoms with E-state index < -0.39 is 11.7 Å². The summed E-state index contributed by atoms with van der Waals surface area (Å²) in [5.41, 5.74) is 2.96. The molecule has 0 radical (unpaired) electrons. The molecule has 0 saturated heterocycles. The molecule has 4 nitrogen and oxygen atoms in total. The molecule has 1 aliphatic heterocycles. The van der Waals surface area contributed by atoms with Crippen molar-refractivity contribution in [3.05, 3.63) is 57.1 Å². The molecule has 1 heterocycles. The number of carbonyl (C=O) groups is 2. The maximum atomic E-state index is 12.2. The van der Waals surface area contributed by atoms with Crippen LogP contribution < -0.4 is 9.64 Å². The third kappa shape index (κ3) is 3.37. The van der Waals surface area contributed by atoms with Crippen LogP contribution in [0.1, 0.15) is 27.9 Å². The number of ketones is 1. The number of halogens is 2.